The predicted octanol–water partition coefficient (Wildman–Crippen LogP) is 2.18. The third-order valence-corrected chi connectivity index (χ3v) is 2.01. The fraction of sp³-hybridized carbons (Fsp3) is 0.417. The molecule has 0 aliphatic heterocycles. The third kappa shape index (κ3) is 5.56. The van der Waals surface area contributed by atoms with E-state index in [1.165, 1.54) is 0 Å². The molecule has 0 saturated carbocycles. The minimum atomic E-state index is -0.504. The maximum absolute atomic E-state index is 11.3. The number of amides is 1. The van der Waals surface area contributed by atoms with Crippen molar-refractivity contribution in [1.82, 2.24) is 0 Å². The Morgan fingerprint density at radius 3 is 2.47 bits per heavy atom. The van der Waals surface area contributed by atoms with E-state index in [2.05, 4.69) is 12.2 Å². The van der Waals surface area contributed by atoms with Crippen LogP contribution in [-0.4, -0.2) is 18.6 Å². The lowest BCUT2D eigenvalue weighted by atomic mass is 10.2. The summed E-state index contributed by atoms with van der Waals surface area (Å²) in [6.45, 7) is 4.40. The summed E-state index contributed by atoms with van der Waals surface area (Å²) in [5, 5.41) is 2.71. The summed E-state index contributed by atoms with van der Waals surface area (Å²) in [5.74, 6) is 0.614. The summed E-state index contributed by atoms with van der Waals surface area (Å²) in [6.07, 6.45) is 0.975. The molecule has 0 spiro atoms. The molecule has 0 saturated heterocycles. The number of benzene rings is 1. The molecule has 0 bridgehead atoms. The predicted molar refractivity (Wildman–Crippen MR) is 71.8 cm³/mol. The second-order valence-electron chi connectivity index (χ2n) is 3.65. The Morgan fingerprint density at radius 2 is 2.00 bits per heavy atom. The van der Waals surface area contributed by atoms with Crippen molar-refractivity contribution >= 4 is 24.0 Å². The van der Waals surface area contributed by atoms with Gasteiger partial charge in [-0.3, -0.25) is 4.79 Å². The van der Waals surface area contributed by atoms with E-state index in [0.29, 0.717) is 6.61 Å². The number of anilines is 1. The molecule has 0 heterocycles. The molecule has 0 aliphatic carbocycles. The molecular weight excluding hydrogens is 240 g/mol. The molecule has 5 heteroatoms. The largest absolute Gasteiger partial charge is 0.494 e. The van der Waals surface area contributed by atoms with Gasteiger partial charge in [0.05, 0.1) is 12.6 Å². The minimum Gasteiger partial charge on any atom is -0.494 e. The summed E-state index contributed by atoms with van der Waals surface area (Å²) in [6, 6.07) is 6.74. The van der Waals surface area contributed by atoms with Crippen LogP contribution in [0.25, 0.3) is 0 Å². The van der Waals surface area contributed by atoms with Crippen LogP contribution < -0.4 is 15.8 Å². The first-order chi connectivity index (χ1) is 7.63. The van der Waals surface area contributed by atoms with Gasteiger partial charge in [0.25, 0.3) is 0 Å². The fourth-order valence-corrected chi connectivity index (χ4v) is 1.11. The number of carbonyl (C=O) groups excluding carboxylic acids is 1. The summed E-state index contributed by atoms with van der Waals surface area (Å²) in [4.78, 5) is 11.3. The van der Waals surface area contributed by atoms with Crippen molar-refractivity contribution in [3.63, 3.8) is 0 Å². The first kappa shape index (κ1) is 15.7. The van der Waals surface area contributed by atoms with E-state index >= 15 is 0 Å². The number of carbonyl (C=O) groups is 1. The zero-order chi connectivity index (χ0) is 12.0. The number of nitrogens with one attached hydrogen (secondary N) is 1. The summed E-state index contributed by atoms with van der Waals surface area (Å²) >= 11 is 0. The molecule has 0 aromatic heterocycles. The van der Waals surface area contributed by atoms with Crippen LogP contribution >= 0.6 is 12.4 Å². The molecular formula is C12H19ClN2O2. The number of nitrogens with two attached hydrogens (primary N) is 1. The van der Waals surface area contributed by atoms with Crippen LogP contribution in [0.2, 0.25) is 0 Å². The molecule has 1 amide bonds. The quantitative estimate of drug-likeness (QED) is 0.851. The summed E-state index contributed by atoms with van der Waals surface area (Å²) in [5.41, 5.74) is 6.17. The molecule has 96 valence electrons. The minimum absolute atomic E-state index is 0. The van der Waals surface area contributed by atoms with E-state index < -0.39 is 6.04 Å². The topological polar surface area (TPSA) is 64.3 Å². The Morgan fingerprint density at radius 1 is 1.41 bits per heavy atom. The van der Waals surface area contributed by atoms with Gasteiger partial charge in [0, 0.05) is 5.69 Å². The highest BCUT2D eigenvalue weighted by atomic mass is 35.5. The van der Waals surface area contributed by atoms with Crippen LogP contribution in [0, 0.1) is 0 Å². The Hall–Kier alpha value is -1.26. The number of rotatable bonds is 5. The van der Waals surface area contributed by atoms with Crippen molar-refractivity contribution in [2.75, 3.05) is 11.9 Å². The molecule has 1 atom stereocenters. The van der Waals surface area contributed by atoms with Crippen LogP contribution in [0.5, 0.6) is 5.75 Å². The molecule has 0 unspecified atom stereocenters. The van der Waals surface area contributed by atoms with E-state index in [0.717, 1.165) is 17.9 Å². The lowest BCUT2D eigenvalue weighted by Crippen LogP contribution is -2.32. The molecule has 1 aromatic rings. The van der Waals surface area contributed by atoms with Gasteiger partial charge in [0.1, 0.15) is 5.75 Å². The van der Waals surface area contributed by atoms with Crippen molar-refractivity contribution in [2.24, 2.45) is 5.73 Å². The Balaban J connectivity index is 0.00000256. The van der Waals surface area contributed by atoms with E-state index in [-0.39, 0.29) is 18.3 Å². The first-order valence-corrected chi connectivity index (χ1v) is 5.42. The lowest BCUT2D eigenvalue weighted by Gasteiger charge is -2.09. The van der Waals surface area contributed by atoms with Crippen molar-refractivity contribution in [1.29, 1.82) is 0 Å². The molecule has 0 fully saturated rings. The molecule has 4 nitrogen and oxygen atoms in total. The highest BCUT2D eigenvalue weighted by Crippen LogP contribution is 2.15. The Bertz CT molecular complexity index is 339. The van der Waals surface area contributed by atoms with Gasteiger partial charge in [-0.15, -0.1) is 12.4 Å². The zero-order valence-corrected chi connectivity index (χ0v) is 10.9. The van der Waals surface area contributed by atoms with Crippen LogP contribution in [0.1, 0.15) is 20.3 Å². The Kier molecular flexibility index (Phi) is 7.34. The fourth-order valence-electron chi connectivity index (χ4n) is 1.11. The van der Waals surface area contributed by atoms with Crippen molar-refractivity contribution in [3.8, 4) is 5.75 Å². The van der Waals surface area contributed by atoms with Crippen molar-refractivity contribution in [3.05, 3.63) is 24.3 Å². The molecule has 1 rings (SSSR count). The van der Waals surface area contributed by atoms with Gasteiger partial charge in [-0.25, -0.2) is 0 Å². The van der Waals surface area contributed by atoms with Gasteiger partial charge in [-0.1, -0.05) is 6.92 Å². The van der Waals surface area contributed by atoms with Gasteiger partial charge in [-0.2, -0.15) is 0 Å². The number of ether oxygens (including phenoxy) is 1. The number of hydrogen-bond acceptors (Lipinski definition) is 3. The zero-order valence-electron chi connectivity index (χ0n) is 10.1. The molecule has 1 aromatic carbocycles. The van der Waals surface area contributed by atoms with E-state index in [1.54, 1.807) is 19.1 Å². The standard InChI is InChI=1S/C12H18N2O2.ClH/c1-3-8-16-11-6-4-10(5-7-11)14-12(15)9(2)13;/h4-7,9H,3,8,13H2,1-2H3,(H,14,15);1H/t9-;/m1./s1. The second-order valence-corrected chi connectivity index (χ2v) is 3.65. The highest BCUT2D eigenvalue weighted by Gasteiger charge is 2.06. The van der Waals surface area contributed by atoms with Gasteiger partial charge >= 0.3 is 0 Å². The van der Waals surface area contributed by atoms with Crippen LogP contribution in [0.15, 0.2) is 24.3 Å². The molecule has 3 N–H and O–H groups in total. The van der Waals surface area contributed by atoms with Crippen LogP contribution in [0.3, 0.4) is 0 Å². The van der Waals surface area contributed by atoms with Gasteiger partial charge < -0.3 is 15.8 Å². The average molecular weight is 259 g/mol. The number of halogens is 1. The summed E-state index contributed by atoms with van der Waals surface area (Å²) in [7, 11) is 0. The second kappa shape index (κ2) is 7.92. The monoisotopic (exact) mass is 258 g/mol. The van der Waals surface area contributed by atoms with Crippen LogP contribution in [-0.2, 0) is 4.79 Å². The SMILES string of the molecule is CCCOc1ccc(NC(=O)[C@@H](C)N)cc1.Cl. The smallest absolute Gasteiger partial charge is 0.240 e. The van der Waals surface area contributed by atoms with E-state index in [4.69, 9.17) is 10.5 Å². The lowest BCUT2D eigenvalue weighted by molar-refractivity contribution is -0.117. The normalized spacial score (nSPS) is 11.2. The van der Waals surface area contributed by atoms with Gasteiger partial charge in [0.15, 0.2) is 0 Å². The van der Waals surface area contributed by atoms with Crippen molar-refractivity contribution < 1.29 is 9.53 Å². The molecule has 0 radical (unpaired) electrons. The average Bonchev–Trinajstić information content (AvgIpc) is 2.28. The maximum Gasteiger partial charge on any atom is 0.240 e. The third-order valence-electron chi connectivity index (χ3n) is 2.01. The Labute approximate surface area is 108 Å². The van der Waals surface area contributed by atoms with E-state index in [9.17, 15) is 4.79 Å². The van der Waals surface area contributed by atoms with Gasteiger partial charge in [0.2, 0.25) is 5.91 Å². The maximum atomic E-state index is 11.3. The van der Waals surface area contributed by atoms with Crippen molar-refractivity contribution in [2.45, 2.75) is 26.3 Å². The first-order valence-electron chi connectivity index (χ1n) is 5.42. The highest BCUT2D eigenvalue weighted by molar-refractivity contribution is 5.94. The molecule has 0 aliphatic rings. The van der Waals surface area contributed by atoms with E-state index in [1.807, 2.05) is 12.1 Å². The summed E-state index contributed by atoms with van der Waals surface area (Å²) < 4.78 is 5.43. The molecule has 17 heavy (non-hydrogen) atoms. The van der Waals surface area contributed by atoms with Crippen LogP contribution in [0.4, 0.5) is 5.69 Å². The van der Waals surface area contributed by atoms with Gasteiger partial charge in [-0.05, 0) is 37.6 Å². The number of hydrogen-bond donors (Lipinski definition) is 2.